The maximum absolute atomic E-state index is 13.0. The summed E-state index contributed by atoms with van der Waals surface area (Å²) in [5.41, 5.74) is 3.09. The fourth-order valence-electron chi connectivity index (χ4n) is 3.51. The van der Waals surface area contributed by atoms with Gasteiger partial charge in [-0.15, -0.1) is 0 Å². The molecule has 126 valence electrons. The van der Waals surface area contributed by atoms with Gasteiger partial charge in [0.05, 0.1) is 18.6 Å². The third-order valence-electron chi connectivity index (χ3n) is 4.91. The zero-order valence-corrected chi connectivity index (χ0v) is 14.6. The number of carbonyl (C=O) groups excluding carboxylic acids is 1. The minimum absolute atomic E-state index is 0.0557. The van der Waals surface area contributed by atoms with E-state index in [0.29, 0.717) is 0 Å². The van der Waals surface area contributed by atoms with Crippen LogP contribution in [0.1, 0.15) is 49.3 Å². The van der Waals surface area contributed by atoms with Crippen LogP contribution in [0, 0.1) is 0 Å². The van der Waals surface area contributed by atoms with Crippen LogP contribution in [0.5, 0.6) is 5.75 Å². The van der Waals surface area contributed by atoms with Crippen LogP contribution in [0.25, 0.3) is 0 Å². The summed E-state index contributed by atoms with van der Waals surface area (Å²) < 4.78 is 5.31. The van der Waals surface area contributed by atoms with E-state index in [1.165, 1.54) is 11.1 Å². The van der Waals surface area contributed by atoms with Gasteiger partial charge in [-0.2, -0.15) is 0 Å². The van der Waals surface area contributed by atoms with Crippen LogP contribution in [-0.2, 0) is 16.8 Å². The Morgan fingerprint density at radius 2 is 1.96 bits per heavy atom. The second kappa shape index (κ2) is 6.68. The number of ether oxygens (including phenoxy) is 1. The summed E-state index contributed by atoms with van der Waals surface area (Å²) in [5, 5.41) is 3.24. The largest absolute Gasteiger partial charge is 0.497 e. The molecule has 0 aliphatic heterocycles. The highest BCUT2D eigenvalue weighted by molar-refractivity contribution is 5.85. The molecule has 3 heteroatoms. The normalized spacial score (nSPS) is 17.0. The van der Waals surface area contributed by atoms with Crippen molar-refractivity contribution in [3.8, 4) is 5.75 Å². The number of carbonyl (C=O) groups is 1. The van der Waals surface area contributed by atoms with E-state index in [4.69, 9.17) is 4.74 Å². The van der Waals surface area contributed by atoms with Crippen molar-refractivity contribution in [2.45, 2.75) is 44.6 Å². The number of hydrogen-bond acceptors (Lipinski definition) is 2. The van der Waals surface area contributed by atoms with Crippen molar-refractivity contribution >= 4 is 5.91 Å². The van der Waals surface area contributed by atoms with E-state index in [1.807, 2.05) is 44.2 Å². The van der Waals surface area contributed by atoms with E-state index in [2.05, 4.69) is 23.5 Å². The molecular weight excluding hydrogens is 298 g/mol. The average Bonchev–Trinajstić information content (AvgIpc) is 2.61. The van der Waals surface area contributed by atoms with Crippen molar-refractivity contribution in [1.82, 2.24) is 5.32 Å². The van der Waals surface area contributed by atoms with Crippen molar-refractivity contribution in [1.29, 1.82) is 0 Å². The zero-order chi connectivity index (χ0) is 17.2. The molecule has 1 amide bonds. The first-order chi connectivity index (χ1) is 11.5. The maximum atomic E-state index is 13.0. The Morgan fingerprint density at radius 3 is 2.75 bits per heavy atom. The lowest BCUT2D eigenvalue weighted by atomic mass is 9.81. The number of hydrogen-bond donors (Lipinski definition) is 1. The molecule has 24 heavy (non-hydrogen) atoms. The predicted octanol–water partition coefficient (Wildman–Crippen LogP) is 4.17. The van der Waals surface area contributed by atoms with Crippen molar-refractivity contribution < 1.29 is 9.53 Å². The molecule has 0 fully saturated rings. The molecule has 1 atom stereocenters. The molecule has 3 nitrogen and oxygen atoms in total. The van der Waals surface area contributed by atoms with Crippen LogP contribution in [0.15, 0.2) is 48.5 Å². The predicted molar refractivity (Wildman–Crippen MR) is 96.3 cm³/mol. The topological polar surface area (TPSA) is 38.3 Å². The summed E-state index contributed by atoms with van der Waals surface area (Å²) in [4.78, 5) is 13.0. The second-order valence-corrected chi connectivity index (χ2v) is 6.99. The number of aryl methyl sites for hydroxylation is 1. The van der Waals surface area contributed by atoms with E-state index in [1.54, 1.807) is 7.11 Å². The van der Waals surface area contributed by atoms with E-state index in [-0.39, 0.29) is 11.8 Å². The Morgan fingerprint density at radius 1 is 1.17 bits per heavy atom. The van der Waals surface area contributed by atoms with Gasteiger partial charge in [-0.05, 0) is 61.9 Å². The van der Waals surface area contributed by atoms with E-state index in [9.17, 15) is 4.79 Å². The van der Waals surface area contributed by atoms with Crippen molar-refractivity contribution in [2.75, 3.05) is 7.11 Å². The number of amides is 1. The smallest absolute Gasteiger partial charge is 0.228 e. The van der Waals surface area contributed by atoms with Gasteiger partial charge in [0.1, 0.15) is 5.75 Å². The molecule has 0 aromatic heterocycles. The quantitative estimate of drug-likeness (QED) is 0.917. The van der Waals surface area contributed by atoms with Gasteiger partial charge >= 0.3 is 0 Å². The summed E-state index contributed by atoms with van der Waals surface area (Å²) >= 11 is 0. The molecule has 1 unspecified atom stereocenters. The molecule has 0 spiro atoms. The van der Waals surface area contributed by atoms with Gasteiger partial charge in [-0.3, -0.25) is 4.79 Å². The molecular formula is C21H25NO2. The Kier molecular flexibility index (Phi) is 4.61. The lowest BCUT2D eigenvalue weighted by Crippen LogP contribution is -2.44. The van der Waals surface area contributed by atoms with Crippen molar-refractivity contribution in [3.63, 3.8) is 0 Å². The fraction of sp³-hybridized carbons (Fsp3) is 0.381. The lowest BCUT2D eigenvalue weighted by Gasteiger charge is -2.31. The number of rotatable bonds is 4. The maximum Gasteiger partial charge on any atom is 0.228 e. The molecule has 0 bridgehead atoms. The zero-order valence-electron chi connectivity index (χ0n) is 14.6. The third-order valence-corrected chi connectivity index (χ3v) is 4.91. The molecule has 1 N–H and O–H groups in total. The SMILES string of the molecule is COc1cccc(C(C)(C)NC(=O)C2CCCc3ccccc32)c1. The van der Waals surface area contributed by atoms with Crippen LogP contribution in [-0.4, -0.2) is 13.0 Å². The number of fused-ring (bicyclic) bond motifs is 1. The summed E-state index contributed by atoms with van der Waals surface area (Å²) in [6.45, 7) is 4.07. The van der Waals surface area contributed by atoms with Gasteiger partial charge in [0, 0.05) is 0 Å². The van der Waals surface area contributed by atoms with Crippen molar-refractivity contribution in [2.24, 2.45) is 0 Å². The number of nitrogens with one attached hydrogen (secondary N) is 1. The minimum atomic E-state index is -0.446. The van der Waals surface area contributed by atoms with E-state index < -0.39 is 5.54 Å². The molecule has 0 radical (unpaired) electrons. The van der Waals surface area contributed by atoms with Crippen LogP contribution >= 0.6 is 0 Å². The highest BCUT2D eigenvalue weighted by Crippen LogP contribution is 2.33. The average molecular weight is 323 g/mol. The van der Waals surface area contributed by atoms with Crippen LogP contribution in [0.4, 0.5) is 0 Å². The van der Waals surface area contributed by atoms with Gasteiger partial charge in [0.25, 0.3) is 0 Å². The lowest BCUT2D eigenvalue weighted by molar-refractivity contribution is -0.124. The van der Waals surface area contributed by atoms with Gasteiger partial charge in [0.2, 0.25) is 5.91 Å². The Balaban J connectivity index is 1.81. The van der Waals surface area contributed by atoms with Crippen molar-refractivity contribution in [3.05, 3.63) is 65.2 Å². The molecule has 1 aliphatic rings. The van der Waals surface area contributed by atoms with Gasteiger partial charge in [-0.1, -0.05) is 36.4 Å². The molecule has 2 aromatic rings. The second-order valence-electron chi connectivity index (χ2n) is 6.99. The van der Waals surface area contributed by atoms with Gasteiger partial charge in [0.15, 0.2) is 0 Å². The molecule has 0 saturated heterocycles. The summed E-state index contributed by atoms with van der Waals surface area (Å²) in [6, 6.07) is 16.2. The Labute approximate surface area is 144 Å². The Hall–Kier alpha value is -2.29. The Bertz CT molecular complexity index is 736. The molecule has 1 aliphatic carbocycles. The number of benzene rings is 2. The first kappa shape index (κ1) is 16.6. The molecule has 3 rings (SSSR count). The summed E-state index contributed by atoms with van der Waals surface area (Å²) in [6.07, 6.45) is 3.05. The first-order valence-electron chi connectivity index (χ1n) is 8.55. The van der Waals surface area contributed by atoms with Gasteiger partial charge < -0.3 is 10.1 Å². The monoisotopic (exact) mass is 323 g/mol. The van der Waals surface area contributed by atoms with Gasteiger partial charge in [-0.25, -0.2) is 0 Å². The summed E-state index contributed by atoms with van der Waals surface area (Å²) in [5.74, 6) is 0.854. The third kappa shape index (κ3) is 3.30. The molecule has 2 aromatic carbocycles. The van der Waals surface area contributed by atoms with E-state index in [0.717, 1.165) is 30.6 Å². The molecule has 0 heterocycles. The van der Waals surface area contributed by atoms with Crippen LogP contribution in [0.2, 0.25) is 0 Å². The highest BCUT2D eigenvalue weighted by Gasteiger charge is 2.31. The molecule has 0 saturated carbocycles. The summed E-state index contributed by atoms with van der Waals surface area (Å²) in [7, 11) is 1.66. The first-order valence-corrected chi connectivity index (χ1v) is 8.55. The minimum Gasteiger partial charge on any atom is -0.497 e. The van der Waals surface area contributed by atoms with Crippen LogP contribution < -0.4 is 10.1 Å². The highest BCUT2D eigenvalue weighted by atomic mass is 16.5. The van der Waals surface area contributed by atoms with E-state index >= 15 is 0 Å². The standard InChI is InChI=1S/C21H25NO2/c1-21(2,16-10-7-11-17(14-16)24-3)22-20(23)19-13-6-9-15-8-4-5-12-18(15)19/h4-5,7-8,10-12,14,19H,6,9,13H2,1-3H3,(H,22,23). The van der Waals surface area contributed by atoms with Crippen LogP contribution in [0.3, 0.4) is 0 Å². The number of methoxy groups -OCH3 is 1. The fourth-order valence-corrected chi connectivity index (χ4v) is 3.51.